The second-order valence-electron chi connectivity index (χ2n) is 7.84. The van der Waals surface area contributed by atoms with Gasteiger partial charge in [0, 0.05) is 12.8 Å². The number of ketones is 1. The highest BCUT2D eigenvalue weighted by atomic mass is 32.1. The standard InChI is InChI=1S/C24H25N7O2S2/c25-19(15-9-3-1-4-10-15)21(32)23-30-28-17(34-23)13-7-8-14-18-29-31-24(35-18)27-22(33)20(26)16-11-5-2-6-12-16/h1-6,9-12,19-20H,7-8,13-14,25-26H2,(H,27,31,33)/t19-,20-/m0/s1. The number of anilines is 1. The third kappa shape index (κ3) is 6.61. The lowest BCUT2D eigenvalue weighted by Gasteiger charge is -2.10. The summed E-state index contributed by atoms with van der Waals surface area (Å²) in [5, 5.41) is 21.5. The normalized spacial score (nSPS) is 12.7. The first kappa shape index (κ1) is 24.7. The minimum absolute atomic E-state index is 0.227. The zero-order valence-electron chi connectivity index (χ0n) is 18.8. The van der Waals surface area contributed by atoms with Crippen molar-refractivity contribution in [1.82, 2.24) is 20.4 Å². The van der Waals surface area contributed by atoms with Crippen LogP contribution in [0.2, 0.25) is 0 Å². The Balaban J connectivity index is 1.21. The van der Waals surface area contributed by atoms with Gasteiger partial charge >= 0.3 is 0 Å². The molecule has 0 bridgehead atoms. The molecule has 0 aliphatic rings. The maximum Gasteiger partial charge on any atom is 0.247 e. The highest BCUT2D eigenvalue weighted by Gasteiger charge is 2.22. The lowest BCUT2D eigenvalue weighted by molar-refractivity contribution is -0.117. The van der Waals surface area contributed by atoms with Gasteiger partial charge in [-0.05, 0) is 24.0 Å². The minimum Gasteiger partial charge on any atom is -0.317 e. The van der Waals surface area contributed by atoms with E-state index in [9.17, 15) is 9.59 Å². The highest BCUT2D eigenvalue weighted by Crippen LogP contribution is 2.22. The average Bonchev–Trinajstić information content (AvgIpc) is 3.56. The topological polar surface area (TPSA) is 150 Å². The summed E-state index contributed by atoms with van der Waals surface area (Å²) in [6.07, 6.45) is 3.15. The fourth-order valence-electron chi connectivity index (χ4n) is 3.35. The fourth-order valence-corrected chi connectivity index (χ4v) is 5.00. The first-order valence-electron chi connectivity index (χ1n) is 11.1. The predicted molar refractivity (Wildman–Crippen MR) is 136 cm³/mol. The predicted octanol–water partition coefficient (Wildman–Crippen LogP) is 3.48. The molecule has 35 heavy (non-hydrogen) atoms. The van der Waals surface area contributed by atoms with Crippen LogP contribution in [0, 0.1) is 0 Å². The Bertz CT molecular complexity index is 1260. The molecule has 4 rings (SSSR count). The zero-order chi connectivity index (χ0) is 24.6. The van der Waals surface area contributed by atoms with Crippen molar-refractivity contribution in [3.05, 3.63) is 86.8 Å². The molecular formula is C24H25N7O2S2. The maximum absolute atomic E-state index is 12.6. The molecule has 2 heterocycles. The Morgan fingerprint density at radius 3 is 1.91 bits per heavy atom. The van der Waals surface area contributed by atoms with Crippen molar-refractivity contribution < 1.29 is 9.59 Å². The monoisotopic (exact) mass is 507 g/mol. The molecule has 5 N–H and O–H groups in total. The van der Waals surface area contributed by atoms with Crippen LogP contribution in [0.1, 0.15) is 55.9 Å². The number of aryl methyl sites for hydroxylation is 2. The molecule has 0 aliphatic carbocycles. The third-order valence-corrected chi connectivity index (χ3v) is 7.18. The SMILES string of the molecule is N[C@H](C(=O)Nc1nnc(CCCCc2nnc(C(=O)[C@@H](N)c3ccccc3)s2)s1)c1ccccc1. The smallest absolute Gasteiger partial charge is 0.247 e. The van der Waals surface area contributed by atoms with Gasteiger partial charge in [-0.1, -0.05) is 83.3 Å². The van der Waals surface area contributed by atoms with E-state index >= 15 is 0 Å². The van der Waals surface area contributed by atoms with Gasteiger partial charge < -0.3 is 11.5 Å². The molecule has 0 fully saturated rings. The number of aromatic nitrogens is 4. The van der Waals surface area contributed by atoms with E-state index in [1.807, 2.05) is 60.7 Å². The van der Waals surface area contributed by atoms with Gasteiger partial charge in [-0.25, -0.2) is 0 Å². The van der Waals surface area contributed by atoms with Crippen LogP contribution in [0.15, 0.2) is 60.7 Å². The van der Waals surface area contributed by atoms with Crippen LogP contribution in [0.25, 0.3) is 0 Å². The van der Waals surface area contributed by atoms with Crippen molar-refractivity contribution in [3.8, 4) is 0 Å². The number of carbonyl (C=O) groups excluding carboxylic acids is 2. The molecule has 0 spiro atoms. The summed E-state index contributed by atoms with van der Waals surface area (Å²) in [6.45, 7) is 0. The number of benzene rings is 2. The molecule has 0 saturated carbocycles. The number of amides is 1. The van der Waals surface area contributed by atoms with Gasteiger partial charge in [0.25, 0.3) is 0 Å². The van der Waals surface area contributed by atoms with E-state index in [-0.39, 0.29) is 11.7 Å². The van der Waals surface area contributed by atoms with Gasteiger partial charge in [0.1, 0.15) is 16.1 Å². The fraction of sp³-hybridized carbons (Fsp3) is 0.250. The quantitative estimate of drug-likeness (QED) is 0.206. The molecule has 180 valence electrons. The Labute approximate surface area is 210 Å². The molecule has 2 aromatic heterocycles. The van der Waals surface area contributed by atoms with Gasteiger partial charge in [0.05, 0.1) is 6.04 Å². The van der Waals surface area contributed by atoms with E-state index in [1.54, 1.807) is 0 Å². The van der Waals surface area contributed by atoms with Crippen molar-refractivity contribution >= 4 is 39.5 Å². The van der Waals surface area contributed by atoms with Crippen LogP contribution in [-0.4, -0.2) is 32.1 Å². The van der Waals surface area contributed by atoms with E-state index in [1.165, 1.54) is 22.7 Å². The summed E-state index contributed by atoms with van der Waals surface area (Å²) in [5.41, 5.74) is 13.6. The molecule has 0 unspecified atom stereocenters. The van der Waals surface area contributed by atoms with E-state index in [0.717, 1.165) is 40.4 Å². The Morgan fingerprint density at radius 2 is 1.29 bits per heavy atom. The van der Waals surface area contributed by atoms with E-state index in [4.69, 9.17) is 11.5 Å². The molecule has 1 amide bonds. The number of unbranched alkanes of at least 4 members (excludes halogenated alkanes) is 1. The van der Waals surface area contributed by atoms with Gasteiger partial charge in [0.15, 0.2) is 5.01 Å². The molecule has 0 aliphatic heterocycles. The number of hydrogen-bond donors (Lipinski definition) is 3. The van der Waals surface area contributed by atoms with Crippen molar-refractivity contribution in [1.29, 1.82) is 0 Å². The molecule has 11 heteroatoms. The summed E-state index contributed by atoms with van der Waals surface area (Å²) in [4.78, 5) is 25.0. The van der Waals surface area contributed by atoms with Gasteiger partial charge in [0.2, 0.25) is 16.8 Å². The molecule has 2 atom stereocenters. The molecule has 0 radical (unpaired) electrons. The highest BCUT2D eigenvalue weighted by molar-refractivity contribution is 7.15. The largest absolute Gasteiger partial charge is 0.317 e. The number of hydrogen-bond acceptors (Lipinski definition) is 10. The molecule has 4 aromatic rings. The van der Waals surface area contributed by atoms with Crippen molar-refractivity contribution in [2.75, 3.05) is 5.32 Å². The number of Topliss-reactive ketones (excluding diaryl/α,β-unsaturated/α-hetero) is 1. The number of nitrogens with two attached hydrogens (primary N) is 2. The second-order valence-corrected chi connectivity index (χ2v) is 9.96. The molecule has 2 aromatic carbocycles. The van der Waals surface area contributed by atoms with Crippen LogP contribution in [0.3, 0.4) is 0 Å². The maximum atomic E-state index is 12.6. The summed E-state index contributed by atoms with van der Waals surface area (Å²) in [5.74, 6) is -0.553. The van der Waals surface area contributed by atoms with E-state index in [0.29, 0.717) is 16.6 Å². The molecular weight excluding hydrogens is 482 g/mol. The summed E-state index contributed by atoms with van der Waals surface area (Å²) < 4.78 is 0. The van der Waals surface area contributed by atoms with E-state index < -0.39 is 12.1 Å². The molecule has 9 nitrogen and oxygen atoms in total. The van der Waals surface area contributed by atoms with Crippen LogP contribution in [0.4, 0.5) is 5.13 Å². The lowest BCUT2D eigenvalue weighted by Crippen LogP contribution is -2.27. The lowest BCUT2D eigenvalue weighted by atomic mass is 10.0. The number of nitrogens with one attached hydrogen (secondary N) is 1. The van der Waals surface area contributed by atoms with Crippen LogP contribution in [-0.2, 0) is 17.6 Å². The summed E-state index contributed by atoms with van der Waals surface area (Å²) >= 11 is 2.62. The third-order valence-electron chi connectivity index (χ3n) is 5.29. The van der Waals surface area contributed by atoms with E-state index in [2.05, 4.69) is 25.7 Å². The summed E-state index contributed by atoms with van der Waals surface area (Å²) in [6, 6.07) is 16.9. The van der Waals surface area contributed by atoms with Crippen molar-refractivity contribution in [2.24, 2.45) is 11.5 Å². The first-order valence-corrected chi connectivity index (χ1v) is 12.8. The Morgan fingerprint density at radius 1 is 0.743 bits per heavy atom. The minimum atomic E-state index is -0.769. The second kappa shape index (κ2) is 11.8. The van der Waals surface area contributed by atoms with Gasteiger partial charge in [-0.2, -0.15) is 0 Å². The van der Waals surface area contributed by atoms with Crippen LogP contribution < -0.4 is 16.8 Å². The number of rotatable bonds is 11. The summed E-state index contributed by atoms with van der Waals surface area (Å²) in [7, 11) is 0. The zero-order valence-corrected chi connectivity index (χ0v) is 20.5. The Kier molecular flexibility index (Phi) is 8.37. The van der Waals surface area contributed by atoms with Crippen molar-refractivity contribution in [2.45, 2.75) is 37.8 Å². The van der Waals surface area contributed by atoms with Gasteiger partial charge in [-0.15, -0.1) is 20.4 Å². The van der Waals surface area contributed by atoms with Gasteiger partial charge in [-0.3, -0.25) is 14.9 Å². The molecule has 0 saturated heterocycles. The number of nitrogens with zero attached hydrogens (tertiary/aromatic N) is 4. The van der Waals surface area contributed by atoms with Crippen LogP contribution in [0.5, 0.6) is 0 Å². The Hall–Kier alpha value is -3.38. The van der Waals surface area contributed by atoms with Crippen molar-refractivity contribution in [3.63, 3.8) is 0 Å². The first-order chi connectivity index (χ1) is 17.0. The van der Waals surface area contributed by atoms with Crippen LogP contribution >= 0.6 is 22.7 Å². The number of carbonyl (C=O) groups is 2. The average molecular weight is 508 g/mol.